The number of benzene rings is 1. The second-order valence-corrected chi connectivity index (χ2v) is 2.78. The zero-order valence-electron chi connectivity index (χ0n) is 7.29. The minimum atomic E-state index is -0.436. The molecule has 0 atom stereocenters. The van der Waals surface area contributed by atoms with Crippen LogP contribution in [0.1, 0.15) is 19.4 Å². The Morgan fingerprint density at radius 3 is 2.08 bits per heavy atom. The highest BCUT2D eigenvalue weighted by atomic mass is 35.5. The zero-order valence-corrected chi connectivity index (χ0v) is 8.80. The van der Waals surface area contributed by atoms with Crippen molar-refractivity contribution in [3.63, 3.8) is 0 Å². The van der Waals surface area contributed by atoms with E-state index in [-0.39, 0.29) is 10.0 Å². The van der Waals surface area contributed by atoms with Crippen LogP contribution < -0.4 is 0 Å². The Hall–Kier alpha value is -0.270. The van der Waals surface area contributed by atoms with Crippen molar-refractivity contribution in [2.45, 2.75) is 20.8 Å². The van der Waals surface area contributed by atoms with Gasteiger partial charge in [0.15, 0.2) is 0 Å². The molecule has 0 saturated heterocycles. The van der Waals surface area contributed by atoms with Gasteiger partial charge in [0.2, 0.25) is 0 Å². The number of aryl methyl sites for hydroxylation is 1. The first-order valence-electron chi connectivity index (χ1n) is 3.73. The van der Waals surface area contributed by atoms with E-state index in [2.05, 4.69) is 0 Å². The first-order valence-corrected chi connectivity index (χ1v) is 4.48. The molecule has 0 aliphatic heterocycles. The van der Waals surface area contributed by atoms with E-state index in [0.717, 1.165) is 0 Å². The largest absolute Gasteiger partial charge is 0.205 e. The summed E-state index contributed by atoms with van der Waals surface area (Å²) in [5.41, 5.74) is 0.509. The summed E-state index contributed by atoms with van der Waals surface area (Å²) in [6, 6.07) is 3.16. The molecular formula is C9H11Cl2F. The second-order valence-electron chi connectivity index (χ2n) is 1.99. The second kappa shape index (κ2) is 5.39. The van der Waals surface area contributed by atoms with Crippen LogP contribution in [0, 0.1) is 12.7 Å². The molecule has 0 spiro atoms. The normalized spacial score (nSPS) is 8.83. The molecule has 0 aromatic heterocycles. The summed E-state index contributed by atoms with van der Waals surface area (Å²) >= 11 is 11.0. The highest BCUT2D eigenvalue weighted by Crippen LogP contribution is 2.26. The third kappa shape index (κ3) is 2.65. The third-order valence-electron chi connectivity index (χ3n) is 1.23. The fourth-order valence-corrected chi connectivity index (χ4v) is 0.980. The molecule has 0 unspecified atom stereocenters. The van der Waals surface area contributed by atoms with Crippen molar-refractivity contribution in [1.29, 1.82) is 0 Å². The maximum absolute atomic E-state index is 12.8. The van der Waals surface area contributed by atoms with Gasteiger partial charge in [0.1, 0.15) is 5.82 Å². The molecule has 0 radical (unpaired) electrons. The summed E-state index contributed by atoms with van der Waals surface area (Å²) in [6.45, 7) is 5.64. The van der Waals surface area contributed by atoms with Gasteiger partial charge in [0.05, 0.1) is 10.0 Å². The molecule has 0 aliphatic rings. The first-order chi connectivity index (χ1) is 5.63. The van der Waals surface area contributed by atoms with E-state index >= 15 is 0 Å². The molecule has 0 bridgehead atoms. The van der Waals surface area contributed by atoms with Crippen LogP contribution in [0.3, 0.4) is 0 Å². The predicted molar refractivity (Wildman–Crippen MR) is 52.5 cm³/mol. The molecule has 0 saturated carbocycles. The van der Waals surface area contributed by atoms with Crippen LogP contribution >= 0.6 is 23.2 Å². The summed E-state index contributed by atoms with van der Waals surface area (Å²) in [5.74, 6) is -0.436. The quantitative estimate of drug-likeness (QED) is 0.553. The van der Waals surface area contributed by atoms with E-state index in [9.17, 15) is 4.39 Å². The van der Waals surface area contributed by atoms with Crippen LogP contribution in [-0.2, 0) is 0 Å². The topological polar surface area (TPSA) is 0 Å². The lowest BCUT2D eigenvalue weighted by Crippen LogP contribution is -1.82. The lowest BCUT2D eigenvalue weighted by Gasteiger charge is -1.98. The first kappa shape index (κ1) is 11.7. The molecule has 0 nitrogen and oxygen atoms in total. The molecule has 1 aromatic rings. The minimum absolute atomic E-state index is 0.00154. The third-order valence-corrected chi connectivity index (χ3v) is 2.01. The van der Waals surface area contributed by atoms with Crippen molar-refractivity contribution in [3.8, 4) is 0 Å². The van der Waals surface area contributed by atoms with Crippen molar-refractivity contribution in [1.82, 2.24) is 0 Å². The van der Waals surface area contributed by atoms with Gasteiger partial charge in [-0.05, 0) is 18.6 Å². The number of halogens is 3. The lowest BCUT2D eigenvalue weighted by molar-refractivity contribution is 0.619. The Morgan fingerprint density at radius 1 is 1.17 bits per heavy atom. The van der Waals surface area contributed by atoms with E-state index in [1.807, 2.05) is 13.8 Å². The van der Waals surface area contributed by atoms with Gasteiger partial charge in [-0.1, -0.05) is 43.1 Å². The molecular weight excluding hydrogens is 198 g/mol. The van der Waals surface area contributed by atoms with Gasteiger partial charge < -0.3 is 0 Å². The van der Waals surface area contributed by atoms with E-state index in [4.69, 9.17) is 23.2 Å². The predicted octanol–water partition coefficient (Wildman–Crippen LogP) is 4.47. The summed E-state index contributed by atoms with van der Waals surface area (Å²) in [6.07, 6.45) is 0. The van der Waals surface area contributed by atoms with Gasteiger partial charge in [-0.25, -0.2) is 4.39 Å². The lowest BCUT2D eigenvalue weighted by atomic mass is 10.2. The van der Waals surface area contributed by atoms with Crippen molar-refractivity contribution in [2.75, 3.05) is 0 Å². The molecule has 0 aliphatic carbocycles. The van der Waals surface area contributed by atoms with Gasteiger partial charge >= 0.3 is 0 Å². The molecule has 1 rings (SSSR count). The van der Waals surface area contributed by atoms with E-state index < -0.39 is 5.82 Å². The van der Waals surface area contributed by atoms with Gasteiger partial charge in [0, 0.05) is 0 Å². The molecule has 0 heterocycles. The monoisotopic (exact) mass is 208 g/mol. The summed E-state index contributed by atoms with van der Waals surface area (Å²) in [4.78, 5) is 0. The van der Waals surface area contributed by atoms with Gasteiger partial charge in [-0.2, -0.15) is 0 Å². The maximum atomic E-state index is 12.8. The fourth-order valence-electron chi connectivity index (χ4n) is 0.622. The number of rotatable bonds is 0. The Bertz CT molecular complexity index is 232. The van der Waals surface area contributed by atoms with E-state index in [1.54, 1.807) is 19.1 Å². The van der Waals surface area contributed by atoms with Crippen molar-refractivity contribution in [2.24, 2.45) is 0 Å². The van der Waals surface area contributed by atoms with Gasteiger partial charge in [-0.3, -0.25) is 0 Å². The molecule has 68 valence electrons. The summed E-state index contributed by atoms with van der Waals surface area (Å²) in [5, 5.41) is 0.256. The maximum Gasteiger partial charge on any atom is 0.146 e. The Kier molecular flexibility index (Phi) is 5.27. The summed E-state index contributed by atoms with van der Waals surface area (Å²) < 4.78 is 12.8. The Labute approximate surface area is 82.3 Å². The number of hydrogen-bond acceptors (Lipinski definition) is 0. The molecule has 0 N–H and O–H groups in total. The molecule has 0 fully saturated rings. The van der Waals surface area contributed by atoms with Crippen LogP contribution in [-0.4, -0.2) is 0 Å². The van der Waals surface area contributed by atoms with Crippen LogP contribution in [0.4, 0.5) is 4.39 Å². The smallest absolute Gasteiger partial charge is 0.146 e. The highest BCUT2D eigenvalue weighted by Gasteiger charge is 2.05. The average Bonchev–Trinajstić information content (AvgIpc) is 2.12. The van der Waals surface area contributed by atoms with Crippen molar-refractivity contribution < 1.29 is 4.39 Å². The summed E-state index contributed by atoms with van der Waals surface area (Å²) in [7, 11) is 0. The standard InChI is InChI=1S/C7H5Cl2F.C2H6/c1-4-2-3-5(8)6(9)7(4)10;1-2/h2-3H,1H3;1-2H3. The van der Waals surface area contributed by atoms with E-state index in [0.29, 0.717) is 5.56 Å². The molecule has 12 heavy (non-hydrogen) atoms. The van der Waals surface area contributed by atoms with Gasteiger partial charge in [0.25, 0.3) is 0 Å². The van der Waals surface area contributed by atoms with Crippen LogP contribution in [0.2, 0.25) is 10.0 Å². The zero-order chi connectivity index (χ0) is 9.72. The molecule has 3 heteroatoms. The SMILES string of the molecule is CC.Cc1ccc(Cl)c(Cl)c1F. The Morgan fingerprint density at radius 2 is 1.67 bits per heavy atom. The number of hydrogen-bond donors (Lipinski definition) is 0. The highest BCUT2D eigenvalue weighted by molar-refractivity contribution is 6.42. The van der Waals surface area contributed by atoms with Crippen LogP contribution in [0.25, 0.3) is 0 Å². The molecule has 0 amide bonds. The minimum Gasteiger partial charge on any atom is -0.205 e. The molecule has 1 aromatic carbocycles. The van der Waals surface area contributed by atoms with Crippen LogP contribution in [0.5, 0.6) is 0 Å². The Balaban J connectivity index is 0.000000561. The van der Waals surface area contributed by atoms with Gasteiger partial charge in [-0.15, -0.1) is 0 Å². The van der Waals surface area contributed by atoms with Crippen molar-refractivity contribution >= 4 is 23.2 Å². The fraction of sp³-hybridized carbons (Fsp3) is 0.333. The van der Waals surface area contributed by atoms with Crippen LogP contribution in [0.15, 0.2) is 12.1 Å². The van der Waals surface area contributed by atoms with Crippen molar-refractivity contribution in [3.05, 3.63) is 33.6 Å². The van der Waals surface area contributed by atoms with E-state index in [1.165, 1.54) is 0 Å². The average molecular weight is 209 g/mol.